The maximum Gasteiger partial charge on any atom is 0.306 e. The fourth-order valence-corrected chi connectivity index (χ4v) is 9.71. The van der Waals surface area contributed by atoms with E-state index in [1.165, 1.54) is 212 Å². The van der Waals surface area contributed by atoms with Gasteiger partial charge in [-0.2, -0.15) is 0 Å². The predicted molar refractivity (Wildman–Crippen MR) is 335 cm³/mol. The Bertz CT molecular complexity index is 1420. The van der Waals surface area contributed by atoms with Crippen LogP contribution >= 0.6 is 0 Å². The summed E-state index contributed by atoms with van der Waals surface area (Å²) in [7, 11) is 0. The average molecular weight is 1080 g/mol. The molecule has 0 rings (SSSR count). The number of esters is 3. The zero-order valence-corrected chi connectivity index (χ0v) is 51.2. The van der Waals surface area contributed by atoms with E-state index in [0.717, 1.165) is 83.5 Å². The van der Waals surface area contributed by atoms with E-state index in [2.05, 4.69) is 93.7 Å². The molecule has 0 aromatic rings. The molecule has 0 amide bonds. The summed E-state index contributed by atoms with van der Waals surface area (Å²) in [6.07, 6.45) is 85.2. The molecule has 0 N–H and O–H groups in total. The van der Waals surface area contributed by atoms with Gasteiger partial charge in [-0.25, -0.2) is 0 Å². The number of hydrogen-bond acceptors (Lipinski definition) is 6. The minimum Gasteiger partial charge on any atom is -0.462 e. The highest BCUT2D eigenvalue weighted by Crippen LogP contribution is 2.18. The van der Waals surface area contributed by atoms with Crippen molar-refractivity contribution in [3.8, 4) is 0 Å². The molecule has 446 valence electrons. The first kappa shape index (κ1) is 73.8. The fourth-order valence-electron chi connectivity index (χ4n) is 9.71. The summed E-state index contributed by atoms with van der Waals surface area (Å²) in [5.74, 6) is -0.953. The molecule has 0 aromatic carbocycles. The van der Waals surface area contributed by atoms with E-state index < -0.39 is 6.10 Å². The smallest absolute Gasteiger partial charge is 0.306 e. The molecule has 0 radical (unpaired) electrons. The van der Waals surface area contributed by atoms with Gasteiger partial charge < -0.3 is 14.2 Å². The summed E-state index contributed by atoms with van der Waals surface area (Å²) in [4.78, 5) is 38.2. The fraction of sp³-hybridized carbons (Fsp3) is 0.789. The first-order valence-electron chi connectivity index (χ1n) is 33.4. The predicted octanol–water partition coefficient (Wildman–Crippen LogP) is 22.9. The van der Waals surface area contributed by atoms with Crippen LogP contribution in [-0.4, -0.2) is 37.2 Å². The van der Waals surface area contributed by atoms with Crippen molar-refractivity contribution in [2.45, 2.75) is 348 Å². The Balaban J connectivity index is 4.20. The molecule has 77 heavy (non-hydrogen) atoms. The minimum atomic E-state index is -0.808. The number of rotatable bonds is 61. The van der Waals surface area contributed by atoms with Crippen molar-refractivity contribution >= 4 is 17.9 Å². The van der Waals surface area contributed by atoms with E-state index in [9.17, 15) is 14.4 Å². The van der Waals surface area contributed by atoms with Crippen LogP contribution < -0.4 is 0 Å². The van der Waals surface area contributed by atoms with Crippen molar-refractivity contribution in [3.63, 3.8) is 0 Å². The van der Waals surface area contributed by atoms with Crippen LogP contribution in [-0.2, 0) is 28.6 Å². The number of hydrogen-bond donors (Lipinski definition) is 0. The van der Waals surface area contributed by atoms with E-state index in [0.29, 0.717) is 19.3 Å². The summed E-state index contributed by atoms with van der Waals surface area (Å²) < 4.78 is 16.9. The van der Waals surface area contributed by atoms with Gasteiger partial charge in [0, 0.05) is 19.3 Å². The number of unbranched alkanes of at least 4 members (excludes halogenated alkanes) is 38. The largest absolute Gasteiger partial charge is 0.462 e. The standard InChI is InChI=1S/C71H126O6/c1-4-7-10-13-16-19-22-25-27-29-30-31-32-33-34-35-36-37-38-39-40-41-43-44-46-49-52-55-58-61-64-70(73)76-67-68(66-75-69(72)63-60-57-54-51-48-24-21-18-15-12-9-6-3)77-71(74)65-62-59-56-53-50-47-45-42-28-26-23-20-17-14-11-8-5-2/h8,11,17-18,20-21,26,28,45,47,53,56,68H,4-7,9-10,12-16,19,22-25,27,29-44,46,48-52,54-55,57-67H2,1-3H3/b11-8-,20-17-,21-18-,28-26-,47-45-,56-53-. The van der Waals surface area contributed by atoms with E-state index in [4.69, 9.17) is 14.2 Å². The number of carbonyl (C=O) groups is 3. The maximum atomic E-state index is 12.9. The van der Waals surface area contributed by atoms with E-state index in [1.807, 2.05) is 0 Å². The van der Waals surface area contributed by atoms with Crippen molar-refractivity contribution in [3.05, 3.63) is 72.9 Å². The van der Waals surface area contributed by atoms with Gasteiger partial charge in [0.1, 0.15) is 13.2 Å². The number of allylic oxidation sites excluding steroid dienone is 12. The topological polar surface area (TPSA) is 78.9 Å². The van der Waals surface area contributed by atoms with Crippen LogP contribution in [0.5, 0.6) is 0 Å². The van der Waals surface area contributed by atoms with Gasteiger partial charge in [-0.15, -0.1) is 0 Å². The lowest BCUT2D eigenvalue weighted by Gasteiger charge is -2.18. The van der Waals surface area contributed by atoms with E-state index in [-0.39, 0.29) is 37.5 Å². The first-order chi connectivity index (χ1) is 38.0. The third-order valence-electron chi connectivity index (χ3n) is 14.7. The molecule has 0 aliphatic rings. The van der Waals surface area contributed by atoms with Gasteiger partial charge in [-0.1, -0.05) is 312 Å². The van der Waals surface area contributed by atoms with Crippen LogP contribution in [0.2, 0.25) is 0 Å². The van der Waals surface area contributed by atoms with Crippen molar-refractivity contribution in [1.82, 2.24) is 0 Å². The van der Waals surface area contributed by atoms with Crippen LogP contribution in [0.1, 0.15) is 342 Å². The Hall–Kier alpha value is -3.15. The second-order valence-electron chi connectivity index (χ2n) is 22.4. The quantitative estimate of drug-likeness (QED) is 0.0261. The maximum absolute atomic E-state index is 12.9. The van der Waals surface area contributed by atoms with Crippen LogP contribution in [0.25, 0.3) is 0 Å². The summed E-state index contributed by atoms with van der Waals surface area (Å²) in [5, 5.41) is 0. The Morgan fingerprint density at radius 1 is 0.273 bits per heavy atom. The van der Waals surface area contributed by atoms with Gasteiger partial charge in [0.2, 0.25) is 0 Å². The van der Waals surface area contributed by atoms with Crippen LogP contribution in [0, 0.1) is 0 Å². The summed E-state index contributed by atoms with van der Waals surface area (Å²) in [6, 6.07) is 0. The van der Waals surface area contributed by atoms with E-state index in [1.54, 1.807) is 0 Å². The molecule has 0 spiro atoms. The number of carbonyl (C=O) groups excluding carboxylic acids is 3. The zero-order valence-electron chi connectivity index (χ0n) is 51.2. The molecule has 0 bridgehead atoms. The van der Waals surface area contributed by atoms with Gasteiger partial charge in [0.25, 0.3) is 0 Å². The minimum absolute atomic E-state index is 0.0980. The molecule has 0 heterocycles. The van der Waals surface area contributed by atoms with Gasteiger partial charge >= 0.3 is 17.9 Å². The molecule has 0 fully saturated rings. The third-order valence-corrected chi connectivity index (χ3v) is 14.7. The summed E-state index contributed by atoms with van der Waals surface area (Å²) >= 11 is 0. The van der Waals surface area contributed by atoms with Gasteiger partial charge in [-0.3, -0.25) is 14.4 Å². The van der Waals surface area contributed by atoms with Gasteiger partial charge in [-0.05, 0) is 83.5 Å². The Morgan fingerprint density at radius 3 is 0.870 bits per heavy atom. The van der Waals surface area contributed by atoms with E-state index >= 15 is 0 Å². The highest BCUT2D eigenvalue weighted by molar-refractivity contribution is 5.71. The second-order valence-corrected chi connectivity index (χ2v) is 22.4. The van der Waals surface area contributed by atoms with Crippen molar-refractivity contribution in [2.24, 2.45) is 0 Å². The van der Waals surface area contributed by atoms with Crippen molar-refractivity contribution in [1.29, 1.82) is 0 Å². The molecule has 1 atom stereocenters. The zero-order chi connectivity index (χ0) is 55.7. The highest BCUT2D eigenvalue weighted by Gasteiger charge is 2.19. The normalized spacial score (nSPS) is 12.5. The molecule has 0 aliphatic carbocycles. The Labute approximate surface area is 478 Å². The monoisotopic (exact) mass is 1070 g/mol. The van der Waals surface area contributed by atoms with Crippen molar-refractivity contribution < 1.29 is 28.6 Å². The molecule has 0 aromatic heterocycles. The lowest BCUT2D eigenvalue weighted by molar-refractivity contribution is -0.167. The van der Waals surface area contributed by atoms with Crippen LogP contribution in [0.4, 0.5) is 0 Å². The summed E-state index contributed by atoms with van der Waals surface area (Å²) in [6.45, 7) is 6.49. The molecular weight excluding hydrogens is 949 g/mol. The highest BCUT2D eigenvalue weighted by atomic mass is 16.6. The Morgan fingerprint density at radius 2 is 0.519 bits per heavy atom. The van der Waals surface area contributed by atoms with Crippen LogP contribution in [0.15, 0.2) is 72.9 Å². The second kappa shape index (κ2) is 65.4. The molecule has 0 saturated carbocycles. The average Bonchev–Trinajstić information content (AvgIpc) is 3.43. The number of ether oxygens (including phenoxy) is 3. The Kier molecular flexibility index (Phi) is 62.7. The molecule has 6 nitrogen and oxygen atoms in total. The SMILES string of the molecule is CC/C=C\C/C=C\C/C=C\C/C=C\C/C=C\CCCC(=O)OC(COC(=O)CCCCCCC/C=C\CCCCC)COC(=O)CCCCCCCCCCCCCCCCCCCCCCCCCCCCCCCC. The lowest BCUT2D eigenvalue weighted by atomic mass is 10.0. The first-order valence-corrected chi connectivity index (χ1v) is 33.4. The lowest BCUT2D eigenvalue weighted by Crippen LogP contribution is -2.30. The van der Waals surface area contributed by atoms with Gasteiger partial charge in [0.05, 0.1) is 0 Å². The van der Waals surface area contributed by atoms with Crippen LogP contribution in [0.3, 0.4) is 0 Å². The summed E-state index contributed by atoms with van der Waals surface area (Å²) in [5.41, 5.74) is 0. The third kappa shape index (κ3) is 63.6. The molecule has 0 saturated heterocycles. The molecule has 0 aliphatic heterocycles. The van der Waals surface area contributed by atoms with Crippen molar-refractivity contribution in [2.75, 3.05) is 13.2 Å². The molecule has 1 unspecified atom stereocenters. The van der Waals surface area contributed by atoms with Gasteiger partial charge in [0.15, 0.2) is 6.10 Å². The molecular formula is C71H126O6. The molecule has 6 heteroatoms.